The number of rotatable bonds is 45. The standard InChI is InChI=1S/C35H52O10.C17H28O4.C12H18O2/c1-9-17-18-35(33(42-22-13-5)31(40-20-11-3)29(44-35)26(38)16-8)45-34-32(41-21-12-4)30(39-19-10-2)28(25(37)15-7)27(43-34)23-24(36)14-6;1-5-9-20-13-17(11-15(18)7-3,12-16(19)8-4)14-21-10-6-2;1-5-9(6-2)11(13)12(14)10(7-3)8-4/h9-16,24-34,36-38H,1-8,17-23H2;5-8,15-16,18-19H,1-4,9-14H2;5-14H,1-4H2/t24?,25?,26?,27-,28-,29-,30+,31-,32-,33+,34-,35+;;/m1../s1. The molecular weight excluding hydrogens is 1020 g/mol. The van der Waals surface area contributed by atoms with Gasteiger partial charge in [-0.1, -0.05) is 97.2 Å². The lowest BCUT2D eigenvalue weighted by Gasteiger charge is -2.49. The van der Waals surface area contributed by atoms with Crippen LogP contribution in [0.2, 0.25) is 0 Å². The van der Waals surface area contributed by atoms with Crippen LogP contribution in [0.3, 0.4) is 0 Å². The summed E-state index contributed by atoms with van der Waals surface area (Å²) < 4.78 is 55.9. The number of aliphatic hydroxyl groups excluding tert-OH is 7. The van der Waals surface area contributed by atoms with Crippen molar-refractivity contribution in [3.63, 3.8) is 0 Å². The fourth-order valence-electron chi connectivity index (χ4n) is 9.01. The summed E-state index contributed by atoms with van der Waals surface area (Å²) in [5.74, 6) is -2.96. The first-order valence-electron chi connectivity index (χ1n) is 26.7. The lowest BCUT2D eigenvalue weighted by molar-refractivity contribution is -0.385. The van der Waals surface area contributed by atoms with Gasteiger partial charge in [-0.05, 0) is 19.3 Å². The van der Waals surface area contributed by atoms with Crippen LogP contribution in [0.1, 0.15) is 32.1 Å². The minimum absolute atomic E-state index is 0.0564. The molecule has 0 amide bonds. The van der Waals surface area contributed by atoms with Gasteiger partial charge in [-0.3, -0.25) is 0 Å². The Hall–Kier alpha value is -4.80. The second-order valence-corrected chi connectivity index (χ2v) is 19.0. The quantitative estimate of drug-likeness (QED) is 0.0230. The van der Waals surface area contributed by atoms with Gasteiger partial charge in [0.2, 0.25) is 5.79 Å². The summed E-state index contributed by atoms with van der Waals surface area (Å²) in [4.78, 5) is 0. The normalized spacial score (nSPS) is 25.1. The maximum Gasteiger partial charge on any atom is 0.201 e. The van der Waals surface area contributed by atoms with Crippen molar-refractivity contribution in [3.05, 3.63) is 202 Å². The summed E-state index contributed by atoms with van der Waals surface area (Å²) >= 11 is 0. The van der Waals surface area contributed by atoms with Gasteiger partial charge in [-0.25, -0.2) is 0 Å². The highest BCUT2D eigenvalue weighted by atomic mass is 16.8. The topological polar surface area (TPSA) is 225 Å². The highest BCUT2D eigenvalue weighted by Gasteiger charge is 2.62. The fraction of sp³-hybridized carbons (Fsp3) is 0.500. The molecule has 2 saturated heterocycles. The largest absolute Gasteiger partial charge is 0.389 e. The first kappa shape index (κ1) is 75.2. The van der Waals surface area contributed by atoms with E-state index in [0.29, 0.717) is 45.7 Å². The van der Waals surface area contributed by atoms with Crippen LogP contribution in [0.4, 0.5) is 0 Å². The molecule has 2 heterocycles. The molecule has 2 rings (SSSR count). The van der Waals surface area contributed by atoms with Crippen LogP contribution in [0.15, 0.2) is 202 Å². The zero-order valence-corrected chi connectivity index (χ0v) is 47.4. The summed E-state index contributed by atoms with van der Waals surface area (Å²) in [5.41, 5.74) is -0.534. The van der Waals surface area contributed by atoms with E-state index < -0.39 is 103 Å². The van der Waals surface area contributed by atoms with Gasteiger partial charge in [-0.15, -0.1) is 105 Å². The van der Waals surface area contributed by atoms with Crippen LogP contribution < -0.4 is 0 Å². The third-order valence-corrected chi connectivity index (χ3v) is 13.0. The molecule has 2 aliphatic heterocycles. The van der Waals surface area contributed by atoms with Crippen molar-refractivity contribution in [2.24, 2.45) is 23.2 Å². The van der Waals surface area contributed by atoms with Crippen LogP contribution in [-0.2, 0) is 42.6 Å². The molecule has 0 radical (unpaired) electrons. The van der Waals surface area contributed by atoms with Crippen LogP contribution in [0.25, 0.3) is 0 Å². The molecule has 80 heavy (non-hydrogen) atoms. The maximum atomic E-state index is 11.1. The molecule has 7 unspecified atom stereocenters. The Morgan fingerprint density at radius 3 is 1.29 bits per heavy atom. The van der Waals surface area contributed by atoms with Crippen molar-refractivity contribution in [2.75, 3.05) is 52.9 Å². The lowest BCUT2D eigenvalue weighted by Crippen LogP contribution is -2.63. The minimum Gasteiger partial charge on any atom is -0.389 e. The number of allylic oxidation sites excluding steroid dienone is 1. The molecule has 0 saturated carbocycles. The number of hydrogen-bond donors (Lipinski definition) is 7. The van der Waals surface area contributed by atoms with E-state index in [1.54, 1.807) is 66.8 Å². The molecule has 7 N–H and O–H groups in total. The van der Waals surface area contributed by atoms with Crippen molar-refractivity contribution >= 4 is 0 Å². The second kappa shape index (κ2) is 43.0. The molecule has 450 valence electrons. The Balaban J connectivity index is 0.00000146. The maximum absolute atomic E-state index is 11.1. The zero-order chi connectivity index (χ0) is 60.7. The van der Waals surface area contributed by atoms with Crippen LogP contribution in [0, 0.1) is 23.2 Å². The highest BCUT2D eigenvalue weighted by molar-refractivity contribution is 5.09. The van der Waals surface area contributed by atoms with Crippen molar-refractivity contribution in [3.8, 4) is 0 Å². The first-order chi connectivity index (χ1) is 38.4. The van der Waals surface area contributed by atoms with E-state index in [2.05, 4.69) is 105 Å². The molecule has 0 aromatic rings. The summed E-state index contributed by atoms with van der Waals surface area (Å²) in [6.07, 6.45) is 13.1. The van der Waals surface area contributed by atoms with Gasteiger partial charge in [0.15, 0.2) is 6.29 Å². The number of aliphatic hydroxyl groups is 7. The van der Waals surface area contributed by atoms with Gasteiger partial charge in [0, 0.05) is 36.0 Å². The van der Waals surface area contributed by atoms with E-state index >= 15 is 0 Å². The molecule has 0 aromatic carbocycles. The Labute approximate surface area is 478 Å². The van der Waals surface area contributed by atoms with Gasteiger partial charge in [0.05, 0.1) is 102 Å². The van der Waals surface area contributed by atoms with E-state index in [0.717, 1.165) is 0 Å². The molecule has 16 nitrogen and oxygen atoms in total. The molecular formula is C64H98O16. The molecule has 0 aromatic heterocycles. The molecule has 0 aliphatic carbocycles. The van der Waals surface area contributed by atoms with E-state index in [9.17, 15) is 35.7 Å². The molecule has 16 atom stereocenters. The smallest absolute Gasteiger partial charge is 0.201 e. The van der Waals surface area contributed by atoms with E-state index in [1.807, 2.05) is 0 Å². The molecule has 0 spiro atoms. The van der Waals surface area contributed by atoms with E-state index in [-0.39, 0.29) is 51.1 Å². The third-order valence-electron chi connectivity index (χ3n) is 13.0. The SMILES string of the molecule is C=CC(C=C)C(O)C(O)C(C=C)C=C.C=CCC[C@@]1(O[C@H]2O[C@H](CC(O)C=C)[C@@H](C(O)C=C)[C@H](OCC=C)[C@H]2OCC=C)O[C@H](C(O)C=C)[C@@H](OCC=C)[C@@H]1OCC=C.C=CCOCC(COCC=C)(CC(O)C=C)CC(O)C=C. The first-order valence-corrected chi connectivity index (χ1v) is 26.7. The Bertz CT molecular complexity index is 1830. The molecule has 2 aliphatic rings. The van der Waals surface area contributed by atoms with Crippen molar-refractivity contribution < 1.29 is 78.4 Å². The van der Waals surface area contributed by atoms with Gasteiger partial charge < -0.3 is 78.4 Å². The Kier molecular flexibility index (Phi) is 40.4. The molecule has 0 bridgehead atoms. The van der Waals surface area contributed by atoms with Crippen molar-refractivity contribution in [1.82, 2.24) is 0 Å². The Morgan fingerprint density at radius 2 is 0.887 bits per heavy atom. The van der Waals surface area contributed by atoms with Gasteiger partial charge >= 0.3 is 0 Å². The lowest BCUT2D eigenvalue weighted by atomic mass is 9.78. The average Bonchev–Trinajstić information content (AvgIpc) is 3.76. The number of hydrogen-bond acceptors (Lipinski definition) is 16. The van der Waals surface area contributed by atoms with Crippen LogP contribution in [0.5, 0.6) is 0 Å². The van der Waals surface area contributed by atoms with Crippen LogP contribution in [-0.4, -0.2) is 180 Å². The average molecular weight is 1120 g/mol. The van der Waals surface area contributed by atoms with E-state index in [1.165, 1.54) is 30.4 Å². The van der Waals surface area contributed by atoms with Crippen molar-refractivity contribution in [2.45, 2.75) is 124 Å². The third kappa shape index (κ3) is 24.7. The summed E-state index contributed by atoms with van der Waals surface area (Å²) in [7, 11) is 0. The fourth-order valence-corrected chi connectivity index (χ4v) is 9.01. The second-order valence-electron chi connectivity index (χ2n) is 19.0. The summed E-state index contributed by atoms with van der Waals surface area (Å²) in [6, 6.07) is 0. The number of ether oxygens (including phenoxy) is 9. The highest BCUT2D eigenvalue weighted by Crippen LogP contribution is 2.45. The summed E-state index contributed by atoms with van der Waals surface area (Å²) in [5, 5.41) is 71.9. The van der Waals surface area contributed by atoms with Gasteiger partial charge in [-0.2, -0.15) is 0 Å². The van der Waals surface area contributed by atoms with Gasteiger partial charge in [0.25, 0.3) is 0 Å². The van der Waals surface area contributed by atoms with Crippen LogP contribution >= 0.6 is 0 Å². The van der Waals surface area contributed by atoms with Gasteiger partial charge in [0.1, 0.15) is 30.5 Å². The molecule has 2 fully saturated rings. The predicted octanol–water partition coefficient (Wildman–Crippen LogP) is 7.66. The zero-order valence-electron chi connectivity index (χ0n) is 47.4. The van der Waals surface area contributed by atoms with E-state index in [4.69, 9.17) is 42.6 Å². The predicted molar refractivity (Wildman–Crippen MR) is 319 cm³/mol. The Morgan fingerprint density at radius 1 is 0.463 bits per heavy atom. The molecule has 16 heteroatoms. The minimum atomic E-state index is -1.58. The monoisotopic (exact) mass is 1120 g/mol. The van der Waals surface area contributed by atoms with Crippen molar-refractivity contribution in [1.29, 1.82) is 0 Å². The summed E-state index contributed by atoms with van der Waals surface area (Å²) in [6.45, 7) is 60.7.